The second-order valence-corrected chi connectivity index (χ2v) is 4.58. The molecule has 0 spiro atoms. The molecule has 1 saturated carbocycles. The number of rotatable bonds is 4. The molecule has 3 heteroatoms. The summed E-state index contributed by atoms with van der Waals surface area (Å²) in [6.07, 6.45) is 5.23. The Morgan fingerprint density at radius 2 is 1.88 bits per heavy atom. The number of phenols is 1. The largest absolute Gasteiger partial charge is 0.508 e. The number of phenolic OH excluding ortho intramolecular Hbond substituents is 1. The van der Waals surface area contributed by atoms with Gasteiger partial charge in [-0.2, -0.15) is 0 Å². The van der Waals surface area contributed by atoms with Crippen LogP contribution in [-0.4, -0.2) is 17.7 Å². The molecule has 2 rings (SSSR count). The van der Waals surface area contributed by atoms with Gasteiger partial charge >= 0.3 is 0 Å². The van der Waals surface area contributed by atoms with Crippen LogP contribution in [0.3, 0.4) is 0 Å². The van der Waals surface area contributed by atoms with Crippen LogP contribution in [0, 0.1) is 5.92 Å². The van der Waals surface area contributed by atoms with E-state index in [0.29, 0.717) is 24.3 Å². The van der Waals surface area contributed by atoms with Crippen LogP contribution in [0.1, 0.15) is 25.7 Å². The highest BCUT2D eigenvalue weighted by Gasteiger charge is 2.23. The number of hydrogen-bond acceptors (Lipinski definition) is 3. The van der Waals surface area contributed by atoms with Gasteiger partial charge in [-0.15, -0.1) is 0 Å². The Balaban J connectivity index is 1.97. The monoisotopic (exact) mass is 220 g/mol. The number of aromatic hydroxyl groups is 1. The van der Waals surface area contributed by atoms with Crippen molar-refractivity contribution in [2.75, 3.05) is 11.9 Å². The number of anilines is 1. The Morgan fingerprint density at radius 3 is 2.44 bits per heavy atom. The van der Waals surface area contributed by atoms with E-state index in [9.17, 15) is 5.11 Å². The second kappa shape index (κ2) is 5.21. The zero-order valence-electron chi connectivity index (χ0n) is 9.52. The zero-order chi connectivity index (χ0) is 11.4. The standard InChI is InChI=1S/C13H20N2O/c14-9-13(10-3-1-2-4-10)15-11-5-7-12(16)8-6-11/h5-8,10,13,15-16H,1-4,9,14H2. The summed E-state index contributed by atoms with van der Waals surface area (Å²) >= 11 is 0. The van der Waals surface area contributed by atoms with Gasteiger partial charge < -0.3 is 16.2 Å². The molecule has 88 valence electrons. The van der Waals surface area contributed by atoms with Crippen molar-refractivity contribution in [3.8, 4) is 5.75 Å². The fourth-order valence-electron chi connectivity index (χ4n) is 2.50. The number of benzene rings is 1. The van der Waals surface area contributed by atoms with Gasteiger partial charge in [-0.1, -0.05) is 12.8 Å². The minimum Gasteiger partial charge on any atom is -0.508 e. The van der Waals surface area contributed by atoms with Gasteiger partial charge in [0, 0.05) is 18.3 Å². The molecule has 0 amide bonds. The van der Waals surface area contributed by atoms with E-state index >= 15 is 0 Å². The first-order valence-corrected chi connectivity index (χ1v) is 6.05. The van der Waals surface area contributed by atoms with Gasteiger partial charge in [-0.3, -0.25) is 0 Å². The van der Waals surface area contributed by atoms with Crippen molar-refractivity contribution < 1.29 is 5.11 Å². The predicted octanol–water partition coefficient (Wildman–Crippen LogP) is 2.32. The highest BCUT2D eigenvalue weighted by atomic mass is 16.3. The van der Waals surface area contributed by atoms with Gasteiger partial charge in [0.1, 0.15) is 5.75 Å². The van der Waals surface area contributed by atoms with Crippen LogP contribution in [0.5, 0.6) is 5.75 Å². The molecular weight excluding hydrogens is 200 g/mol. The van der Waals surface area contributed by atoms with Crippen molar-refractivity contribution in [3.05, 3.63) is 24.3 Å². The van der Waals surface area contributed by atoms with Crippen LogP contribution in [0.4, 0.5) is 5.69 Å². The lowest BCUT2D eigenvalue weighted by atomic mass is 9.98. The average molecular weight is 220 g/mol. The molecule has 0 heterocycles. The molecule has 3 nitrogen and oxygen atoms in total. The van der Waals surface area contributed by atoms with Crippen molar-refractivity contribution in [2.45, 2.75) is 31.7 Å². The molecule has 4 N–H and O–H groups in total. The van der Waals surface area contributed by atoms with E-state index in [2.05, 4.69) is 5.32 Å². The molecule has 0 bridgehead atoms. The van der Waals surface area contributed by atoms with Gasteiger partial charge in [0.25, 0.3) is 0 Å². The Kier molecular flexibility index (Phi) is 3.67. The third-order valence-electron chi connectivity index (χ3n) is 3.44. The quantitative estimate of drug-likeness (QED) is 0.682. The van der Waals surface area contributed by atoms with Crippen LogP contribution < -0.4 is 11.1 Å². The van der Waals surface area contributed by atoms with E-state index in [-0.39, 0.29) is 0 Å². The van der Waals surface area contributed by atoms with E-state index in [4.69, 9.17) is 5.73 Å². The van der Waals surface area contributed by atoms with Crippen LogP contribution >= 0.6 is 0 Å². The molecule has 16 heavy (non-hydrogen) atoms. The fraction of sp³-hybridized carbons (Fsp3) is 0.538. The van der Waals surface area contributed by atoms with Gasteiger partial charge in [0.15, 0.2) is 0 Å². The molecule has 1 aliphatic carbocycles. The first-order valence-electron chi connectivity index (χ1n) is 6.05. The maximum Gasteiger partial charge on any atom is 0.115 e. The summed E-state index contributed by atoms with van der Waals surface area (Å²) < 4.78 is 0. The number of nitrogens with two attached hydrogens (primary N) is 1. The maximum atomic E-state index is 9.21. The van der Waals surface area contributed by atoms with E-state index < -0.39 is 0 Å². The van der Waals surface area contributed by atoms with Gasteiger partial charge in [0.05, 0.1) is 0 Å². The molecular formula is C13H20N2O. The van der Waals surface area contributed by atoms with E-state index in [1.807, 2.05) is 12.1 Å². The Bertz CT molecular complexity index is 317. The van der Waals surface area contributed by atoms with Crippen LogP contribution in [-0.2, 0) is 0 Å². The summed E-state index contributed by atoms with van der Waals surface area (Å²) in [5.74, 6) is 1.01. The number of hydrogen-bond donors (Lipinski definition) is 3. The predicted molar refractivity (Wildman–Crippen MR) is 66.5 cm³/mol. The highest BCUT2D eigenvalue weighted by molar-refractivity contribution is 5.46. The Morgan fingerprint density at radius 1 is 1.25 bits per heavy atom. The molecule has 1 fully saturated rings. The normalized spacial score (nSPS) is 18.6. The van der Waals surface area contributed by atoms with E-state index in [1.54, 1.807) is 12.1 Å². The fourth-order valence-corrected chi connectivity index (χ4v) is 2.50. The summed E-state index contributed by atoms with van der Waals surface area (Å²) in [6, 6.07) is 7.56. The summed E-state index contributed by atoms with van der Waals surface area (Å²) in [5, 5.41) is 12.7. The summed E-state index contributed by atoms with van der Waals surface area (Å²) in [5.41, 5.74) is 6.86. The van der Waals surface area contributed by atoms with Crippen molar-refractivity contribution in [1.29, 1.82) is 0 Å². The lowest BCUT2D eigenvalue weighted by Gasteiger charge is -2.24. The van der Waals surface area contributed by atoms with Crippen LogP contribution in [0.15, 0.2) is 24.3 Å². The lowest BCUT2D eigenvalue weighted by Crippen LogP contribution is -2.35. The van der Waals surface area contributed by atoms with Crippen molar-refractivity contribution in [1.82, 2.24) is 0 Å². The third-order valence-corrected chi connectivity index (χ3v) is 3.44. The van der Waals surface area contributed by atoms with Gasteiger partial charge in [0.2, 0.25) is 0 Å². The summed E-state index contributed by atoms with van der Waals surface area (Å²) in [7, 11) is 0. The first kappa shape index (κ1) is 11.3. The van der Waals surface area contributed by atoms with Crippen molar-refractivity contribution in [3.63, 3.8) is 0 Å². The smallest absolute Gasteiger partial charge is 0.115 e. The molecule has 0 saturated heterocycles. The Hall–Kier alpha value is -1.22. The molecule has 0 aliphatic heterocycles. The minimum absolute atomic E-state index is 0.302. The van der Waals surface area contributed by atoms with Crippen LogP contribution in [0.25, 0.3) is 0 Å². The maximum absolute atomic E-state index is 9.21. The molecule has 1 aromatic rings. The first-order chi connectivity index (χ1) is 7.79. The molecule has 1 atom stereocenters. The molecule has 0 aromatic heterocycles. The minimum atomic E-state index is 0.302. The zero-order valence-corrected chi connectivity index (χ0v) is 9.52. The summed E-state index contributed by atoms with van der Waals surface area (Å²) in [6.45, 7) is 0.672. The lowest BCUT2D eigenvalue weighted by molar-refractivity contribution is 0.461. The average Bonchev–Trinajstić information content (AvgIpc) is 2.82. The molecule has 1 aliphatic rings. The van der Waals surface area contributed by atoms with Crippen LogP contribution in [0.2, 0.25) is 0 Å². The SMILES string of the molecule is NCC(Nc1ccc(O)cc1)C1CCCC1. The highest BCUT2D eigenvalue weighted by Crippen LogP contribution is 2.29. The van der Waals surface area contributed by atoms with Crippen molar-refractivity contribution >= 4 is 5.69 Å². The number of nitrogens with one attached hydrogen (secondary N) is 1. The molecule has 1 aromatic carbocycles. The van der Waals surface area contributed by atoms with Crippen molar-refractivity contribution in [2.24, 2.45) is 11.7 Å². The van der Waals surface area contributed by atoms with E-state index in [0.717, 1.165) is 5.69 Å². The van der Waals surface area contributed by atoms with E-state index in [1.165, 1.54) is 25.7 Å². The summed E-state index contributed by atoms with van der Waals surface area (Å²) in [4.78, 5) is 0. The Labute approximate surface area is 96.7 Å². The third kappa shape index (κ3) is 2.67. The molecule has 1 unspecified atom stereocenters. The van der Waals surface area contributed by atoms with Gasteiger partial charge in [-0.25, -0.2) is 0 Å². The molecule has 0 radical (unpaired) electrons. The second-order valence-electron chi connectivity index (χ2n) is 4.58. The van der Waals surface area contributed by atoms with Gasteiger partial charge in [-0.05, 0) is 43.0 Å². The topological polar surface area (TPSA) is 58.3 Å².